The van der Waals surface area contributed by atoms with Crippen molar-refractivity contribution >= 4 is 40.8 Å². The number of halogens is 1. The van der Waals surface area contributed by atoms with Gasteiger partial charge in [0.2, 0.25) is 11.8 Å². The highest BCUT2D eigenvalue weighted by molar-refractivity contribution is 6.33. The van der Waals surface area contributed by atoms with Crippen molar-refractivity contribution in [2.24, 2.45) is 0 Å². The fraction of sp³-hybridized carbons (Fsp3) is 0.538. The van der Waals surface area contributed by atoms with E-state index in [2.05, 4.69) is 15.3 Å². The molecule has 1 aromatic heterocycles. The molecule has 2 bridgehead atoms. The Morgan fingerprint density at radius 1 is 1.22 bits per heavy atom. The number of piperidine rings is 1. The molecule has 1 aromatic carbocycles. The minimum Gasteiger partial charge on any atom is -0.474 e. The van der Waals surface area contributed by atoms with Crippen molar-refractivity contribution in [2.75, 3.05) is 30.0 Å². The summed E-state index contributed by atoms with van der Waals surface area (Å²) in [5.41, 5.74) is 2.22. The Morgan fingerprint density at radius 2 is 1.97 bits per heavy atom. The van der Waals surface area contributed by atoms with Crippen LogP contribution in [0.5, 0.6) is 5.88 Å². The summed E-state index contributed by atoms with van der Waals surface area (Å²) in [5, 5.41) is 3.76. The molecule has 37 heavy (non-hydrogen) atoms. The second kappa shape index (κ2) is 10.7. The zero-order valence-corrected chi connectivity index (χ0v) is 22.0. The summed E-state index contributed by atoms with van der Waals surface area (Å²) in [5.74, 6) is 1.18. The quantitative estimate of drug-likeness (QED) is 0.584. The summed E-state index contributed by atoms with van der Waals surface area (Å²) in [7, 11) is 0. The maximum atomic E-state index is 12.6. The van der Waals surface area contributed by atoms with Crippen LogP contribution in [-0.4, -0.2) is 70.9 Å². The largest absolute Gasteiger partial charge is 0.474 e. The lowest BCUT2D eigenvalue weighted by Crippen LogP contribution is -2.61. The van der Waals surface area contributed by atoms with E-state index in [1.165, 1.54) is 6.33 Å². The Morgan fingerprint density at radius 3 is 2.62 bits per heavy atom. The molecule has 2 unspecified atom stereocenters. The van der Waals surface area contributed by atoms with Gasteiger partial charge in [-0.2, -0.15) is 0 Å². The second-order valence-corrected chi connectivity index (χ2v) is 10.4. The van der Waals surface area contributed by atoms with E-state index in [0.29, 0.717) is 61.4 Å². The fourth-order valence-corrected chi connectivity index (χ4v) is 5.40. The molecule has 3 saturated heterocycles. The van der Waals surface area contributed by atoms with Crippen LogP contribution in [0.15, 0.2) is 24.5 Å². The topological polar surface area (TPSA) is 106 Å². The highest BCUT2D eigenvalue weighted by Gasteiger charge is 2.43. The van der Waals surface area contributed by atoms with Crippen LogP contribution in [0.25, 0.3) is 0 Å². The summed E-state index contributed by atoms with van der Waals surface area (Å²) in [4.78, 5) is 37.0. The number of carbonyl (C=O) groups excluding carboxylic acids is 2. The number of nitrogens with zero attached hydrogens (tertiary/aromatic N) is 4. The zero-order valence-electron chi connectivity index (χ0n) is 21.3. The Hall–Kier alpha value is -3.11. The van der Waals surface area contributed by atoms with E-state index in [4.69, 9.17) is 25.8 Å². The highest BCUT2D eigenvalue weighted by Crippen LogP contribution is 2.35. The molecule has 2 atom stereocenters. The molecule has 4 heterocycles. The van der Waals surface area contributed by atoms with Crippen molar-refractivity contribution < 1.29 is 23.8 Å². The molecule has 0 aliphatic carbocycles. The van der Waals surface area contributed by atoms with Crippen molar-refractivity contribution in [3.63, 3.8) is 0 Å². The molecule has 2 amide bonds. The maximum absolute atomic E-state index is 12.6. The predicted octanol–water partition coefficient (Wildman–Crippen LogP) is 4.46. The first kappa shape index (κ1) is 25.5. The molecule has 3 aliphatic heterocycles. The maximum Gasteiger partial charge on any atom is 0.410 e. The van der Waals surface area contributed by atoms with E-state index in [1.54, 1.807) is 11.0 Å². The number of amides is 2. The molecular weight excluding hydrogens is 498 g/mol. The molecule has 11 heteroatoms. The van der Waals surface area contributed by atoms with Gasteiger partial charge in [-0.3, -0.25) is 9.69 Å². The fourth-order valence-electron chi connectivity index (χ4n) is 5.18. The minimum atomic E-state index is -0.298. The molecule has 0 radical (unpaired) electrons. The molecule has 3 aliphatic rings. The Bertz CT molecular complexity index is 1160. The lowest BCUT2D eigenvalue weighted by Gasteiger charge is -2.47. The molecular formula is C26H32ClN5O5. The van der Waals surface area contributed by atoms with Crippen LogP contribution in [0.3, 0.4) is 0 Å². The van der Waals surface area contributed by atoms with Gasteiger partial charge in [0, 0.05) is 31.5 Å². The number of fused-ring (bicyclic) bond motifs is 2. The summed E-state index contributed by atoms with van der Waals surface area (Å²) in [6.45, 7) is 7.20. The number of anilines is 3. The first-order chi connectivity index (χ1) is 17.8. The normalized spacial score (nSPS) is 23.4. The zero-order chi connectivity index (χ0) is 26.1. The third kappa shape index (κ3) is 5.45. The molecule has 1 N–H and O–H groups in total. The van der Waals surface area contributed by atoms with Crippen LogP contribution in [0, 0.1) is 6.92 Å². The summed E-state index contributed by atoms with van der Waals surface area (Å²) < 4.78 is 17.5. The van der Waals surface area contributed by atoms with E-state index >= 15 is 0 Å². The highest BCUT2D eigenvalue weighted by atomic mass is 35.5. The molecule has 2 aromatic rings. The molecule has 3 fully saturated rings. The van der Waals surface area contributed by atoms with Gasteiger partial charge in [-0.1, -0.05) is 11.6 Å². The first-order valence-corrected chi connectivity index (χ1v) is 13.1. The lowest BCUT2D eigenvalue weighted by atomic mass is 9.92. The number of hydrogen-bond acceptors (Lipinski definition) is 8. The third-order valence-corrected chi connectivity index (χ3v) is 7.24. The Labute approximate surface area is 221 Å². The van der Waals surface area contributed by atoms with Gasteiger partial charge in [-0.25, -0.2) is 14.8 Å². The van der Waals surface area contributed by atoms with Gasteiger partial charge in [0.05, 0.1) is 47.7 Å². The molecule has 198 valence electrons. The lowest BCUT2D eigenvalue weighted by molar-refractivity contribution is -0.117. The first-order valence-electron chi connectivity index (χ1n) is 12.7. The van der Waals surface area contributed by atoms with Gasteiger partial charge in [0.15, 0.2) is 0 Å². The smallest absolute Gasteiger partial charge is 0.410 e. The van der Waals surface area contributed by atoms with Crippen LogP contribution in [0.2, 0.25) is 5.02 Å². The van der Waals surface area contributed by atoms with E-state index in [-0.39, 0.29) is 36.3 Å². The van der Waals surface area contributed by atoms with Gasteiger partial charge in [-0.05, 0) is 45.4 Å². The van der Waals surface area contributed by atoms with Crippen molar-refractivity contribution in [3.8, 4) is 5.88 Å². The predicted molar refractivity (Wildman–Crippen MR) is 139 cm³/mol. The van der Waals surface area contributed by atoms with E-state index < -0.39 is 0 Å². The van der Waals surface area contributed by atoms with E-state index in [0.717, 1.165) is 17.7 Å². The van der Waals surface area contributed by atoms with E-state index in [9.17, 15) is 9.59 Å². The summed E-state index contributed by atoms with van der Waals surface area (Å²) in [6, 6.07) is 5.30. The summed E-state index contributed by atoms with van der Waals surface area (Å²) in [6.07, 6.45) is 3.53. The van der Waals surface area contributed by atoms with Gasteiger partial charge < -0.3 is 24.4 Å². The SMILES string of the molecule is Cc1c(Nc2ccc(N3CCCC3=O)cc2Cl)ncnc1OC1CC2COCC(C1)N2C(=O)OC(C)C. The number of hydrogen-bond donors (Lipinski definition) is 1. The van der Waals surface area contributed by atoms with Gasteiger partial charge >= 0.3 is 6.09 Å². The third-order valence-electron chi connectivity index (χ3n) is 6.93. The van der Waals surface area contributed by atoms with Crippen molar-refractivity contribution in [1.82, 2.24) is 14.9 Å². The number of morpholine rings is 1. The van der Waals surface area contributed by atoms with Gasteiger partial charge in [-0.15, -0.1) is 0 Å². The molecule has 10 nitrogen and oxygen atoms in total. The monoisotopic (exact) mass is 529 g/mol. The number of rotatable bonds is 6. The van der Waals surface area contributed by atoms with Crippen LogP contribution >= 0.6 is 11.6 Å². The Balaban J connectivity index is 1.27. The van der Waals surface area contributed by atoms with Crippen molar-refractivity contribution in [3.05, 3.63) is 35.1 Å². The van der Waals surface area contributed by atoms with Gasteiger partial charge in [0.1, 0.15) is 18.2 Å². The van der Waals surface area contributed by atoms with E-state index in [1.807, 2.05) is 37.8 Å². The number of aromatic nitrogens is 2. The Kier molecular flexibility index (Phi) is 7.39. The number of nitrogens with one attached hydrogen (secondary N) is 1. The molecule has 5 rings (SSSR count). The van der Waals surface area contributed by atoms with Crippen LogP contribution in [-0.2, 0) is 14.3 Å². The molecule has 0 spiro atoms. The van der Waals surface area contributed by atoms with Crippen molar-refractivity contribution in [1.29, 1.82) is 0 Å². The minimum absolute atomic E-state index is 0.108. The second-order valence-electron chi connectivity index (χ2n) is 9.99. The van der Waals surface area contributed by atoms with Gasteiger partial charge in [0.25, 0.3) is 0 Å². The average Bonchev–Trinajstić information content (AvgIpc) is 3.27. The average molecular weight is 530 g/mol. The number of benzene rings is 1. The van der Waals surface area contributed by atoms with Crippen LogP contribution in [0.1, 0.15) is 45.1 Å². The standard InChI is InChI=1S/C26H32ClN5O5/c1-15(2)36-26(34)32-18-9-20(10-19(32)13-35-12-18)37-25-16(3)24(28-14-29-25)30-22-7-6-17(11-21(22)27)31-8-4-5-23(31)33/h6-7,11,14-15,18-20H,4-5,8-10,12-13H2,1-3H3,(H,28,29,30). The molecule has 0 saturated carbocycles. The summed E-state index contributed by atoms with van der Waals surface area (Å²) >= 11 is 6.55. The van der Waals surface area contributed by atoms with Crippen LogP contribution < -0.4 is 15.0 Å². The number of carbonyl (C=O) groups is 2. The van der Waals surface area contributed by atoms with Crippen molar-refractivity contribution in [2.45, 2.75) is 70.7 Å². The number of ether oxygens (including phenoxy) is 3. The van der Waals surface area contributed by atoms with Crippen LogP contribution in [0.4, 0.5) is 22.0 Å².